The van der Waals surface area contributed by atoms with Crippen molar-refractivity contribution in [2.45, 2.75) is 36.9 Å². The molecule has 180 valence electrons. The van der Waals surface area contributed by atoms with Crippen LogP contribution in [0.25, 0.3) is 11.0 Å². The van der Waals surface area contributed by atoms with Crippen LogP contribution >= 0.6 is 11.6 Å². The number of aliphatic hydroxyl groups is 2. The normalized spacial score (nSPS) is 27.3. The molecule has 2 aromatic heterocycles. The van der Waals surface area contributed by atoms with Gasteiger partial charge >= 0.3 is 0 Å². The van der Waals surface area contributed by atoms with E-state index in [4.69, 9.17) is 16.3 Å². The van der Waals surface area contributed by atoms with Crippen LogP contribution in [0.1, 0.15) is 28.5 Å². The Labute approximate surface area is 196 Å². The first-order valence-electron chi connectivity index (χ1n) is 10.6. The molecule has 2 saturated heterocycles. The van der Waals surface area contributed by atoms with Crippen LogP contribution in [0.15, 0.2) is 24.5 Å². The number of fused-ring (bicyclic) bond motifs is 1. The predicted molar refractivity (Wildman–Crippen MR) is 117 cm³/mol. The van der Waals surface area contributed by atoms with E-state index in [9.17, 15) is 23.8 Å². The maximum atomic E-state index is 14.4. The van der Waals surface area contributed by atoms with Crippen LogP contribution in [0.2, 0.25) is 5.02 Å². The number of hydrogen-bond acceptors (Lipinski definition) is 8. The Morgan fingerprint density at radius 2 is 2.09 bits per heavy atom. The summed E-state index contributed by atoms with van der Waals surface area (Å²) in [5.41, 5.74) is 0.564. The van der Waals surface area contributed by atoms with Crippen molar-refractivity contribution in [3.05, 3.63) is 46.6 Å². The number of carbonyl (C=O) groups is 1. The quantitative estimate of drug-likeness (QED) is 0.429. The van der Waals surface area contributed by atoms with Gasteiger partial charge in [-0.2, -0.15) is 5.10 Å². The van der Waals surface area contributed by atoms with Crippen molar-refractivity contribution in [3.8, 4) is 0 Å². The molecule has 1 aromatic carbocycles. The highest BCUT2D eigenvalue weighted by Gasteiger charge is 2.39. The number of ether oxygens (including phenoxy) is 1. The molecule has 34 heavy (non-hydrogen) atoms. The zero-order valence-electron chi connectivity index (χ0n) is 17.7. The Morgan fingerprint density at radius 1 is 1.26 bits per heavy atom. The van der Waals surface area contributed by atoms with Gasteiger partial charge in [-0.15, -0.1) is 0 Å². The molecule has 0 unspecified atom stereocenters. The number of aromatic nitrogens is 4. The number of aliphatic hydroxyl groups excluding tert-OH is 2. The fourth-order valence-electron chi connectivity index (χ4n) is 4.44. The van der Waals surface area contributed by atoms with Gasteiger partial charge in [-0.25, -0.2) is 18.7 Å². The molecule has 5 rings (SSSR count). The molecule has 1 amide bonds. The van der Waals surface area contributed by atoms with E-state index in [-0.39, 0.29) is 53.7 Å². The predicted octanol–water partition coefficient (Wildman–Crippen LogP) is 1.60. The van der Waals surface area contributed by atoms with Crippen LogP contribution in [0.4, 0.5) is 14.6 Å². The lowest BCUT2D eigenvalue weighted by molar-refractivity contribution is -0.0923. The van der Waals surface area contributed by atoms with Crippen LogP contribution in [0.5, 0.6) is 0 Å². The Balaban J connectivity index is 1.49. The lowest BCUT2D eigenvalue weighted by Crippen LogP contribution is -2.51. The Hall–Kier alpha value is -2.93. The Bertz CT molecular complexity index is 1210. The zero-order chi connectivity index (χ0) is 24.0. The highest BCUT2D eigenvalue weighted by Crippen LogP contribution is 2.37. The molecule has 4 N–H and O–H groups in total. The molecule has 13 heteroatoms. The molecule has 10 nitrogen and oxygen atoms in total. The van der Waals surface area contributed by atoms with E-state index in [1.165, 1.54) is 23.4 Å². The fourth-order valence-corrected chi connectivity index (χ4v) is 4.67. The molecular weight excluding hydrogens is 474 g/mol. The molecule has 0 bridgehead atoms. The molecule has 2 aliphatic heterocycles. The van der Waals surface area contributed by atoms with Crippen LogP contribution in [-0.2, 0) is 4.74 Å². The number of amides is 1. The molecule has 2 aliphatic rings. The van der Waals surface area contributed by atoms with E-state index in [2.05, 4.69) is 25.5 Å². The van der Waals surface area contributed by atoms with E-state index < -0.39 is 42.2 Å². The van der Waals surface area contributed by atoms with Crippen molar-refractivity contribution in [3.63, 3.8) is 0 Å². The van der Waals surface area contributed by atoms with Crippen molar-refractivity contribution in [1.29, 1.82) is 0 Å². The summed E-state index contributed by atoms with van der Waals surface area (Å²) in [6.07, 6.45) is -2.30. The highest BCUT2D eigenvalue weighted by atomic mass is 35.5. The molecule has 4 heterocycles. The summed E-state index contributed by atoms with van der Waals surface area (Å²) in [6, 6.07) is 2.43. The second kappa shape index (κ2) is 9.02. The first-order valence-corrected chi connectivity index (χ1v) is 11.0. The third kappa shape index (κ3) is 4.17. The van der Waals surface area contributed by atoms with Crippen molar-refractivity contribution in [1.82, 2.24) is 25.1 Å². The summed E-state index contributed by atoms with van der Waals surface area (Å²) in [4.78, 5) is 23.1. The van der Waals surface area contributed by atoms with Gasteiger partial charge in [0.15, 0.2) is 5.65 Å². The van der Waals surface area contributed by atoms with Crippen molar-refractivity contribution < 1.29 is 28.5 Å². The number of benzene rings is 1. The molecule has 5 atom stereocenters. The number of alkyl halides is 1. The summed E-state index contributed by atoms with van der Waals surface area (Å²) < 4.78 is 33.7. The monoisotopic (exact) mass is 494 g/mol. The number of nitrogens with one attached hydrogen (secondary N) is 2. The third-order valence-corrected chi connectivity index (χ3v) is 6.28. The minimum absolute atomic E-state index is 0.00117. The first-order chi connectivity index (χ1) is 16.3. The van der Waals surface area contributed by atoms with Crippen LogP contribution < -0.4 is 5.32 Å². The lowest BCUT2D eigenvalue weighted by atomic mass is 10.0. The Kier molecular flexibility index (Phi) is 6.06. The maximum absolute atomic E-state index is 14.4. The summed E-state index contributed by atoms with van der Waals surface area (Å²) in [7, 11) is 0. The molecular formula is C21H21ClF2N6O4. The highest BCUT2D eigenvalue weighted by molar-refractivity contribution is 6.30. The van der Waals surface area contributed by atoms with Crippen molar-refractivity contribution in [2.75, 3.05) is 25.1 Å². The van der Waals surface area contributed by atoms with E-state index >= 15 is 0 Å². The average Bonchev–Trinajstić information content (AvgIpc) is 3.40. The smallest absolute Gasteiger partial charge is 0.273 e. The largest absolute Gasteiger partial charge is 0.388 e. The number of halogens is 3. The zero-order valence-corrected chi connectivity index (χ0v) is 18.4. The van der Waals surface area contributed by atoms with Crippen LogP contribution in [-0.4, -0.2) is 85.4 Å². The second-order valence-electron chi connectivity index (χ2n) is 8.37. The summed E-state index contributed by atoms with van der Waals surface area (Å²) in [6.45, 7) is -0.0995. The van der Waals surface area contributed by atoms with Crippen molar-refractivity contribution >= 4 is 34.4 Å². The van der Waals surface area contributed by atoms with Gasteiger partial charge in [0.05, 0.1) is 37.2 Å². The van der Waals surface area contributed by atoms with Gasteiger partial charge in [0.25, 0.3) is 5.91 Å². The maximum Gasteiger partial charge on any atom is 0.273 e. The topological polar surface area (TPSA) is 136 Å². The molecule has 2 fully saturated rings. The minimum Gasteiger partial charge on any atom is -0.388 e. The lowest BCUT2D eigenvalue weighted by Gasteiger charge is -2.32. The van der Waals surface area contributed by atoms with Crippen molar-refractivity contribution in [2.24, 2.45) is 0 Å². The summed E-state index contributed by atoms with van der Waals surface area (Å²) >= 11 is 5.98. The molecule has 0 radical (unpaired) electrons. The second-order valence-corrected chi connectivity index (χ2v) is 8.81. The van der Waals surface area contributed by atoms with Gasteiger partial charge in [0.1, 0.15) is 42.0 Å². The number of anilines is 1. The Morgan fingerprint density at radius 3 is 2.88 bits per heavy atom. The number of aromatic amines is 1. The van der Waals surface area contributed by atoms with Gasteiger partial charge in [-0.1, -0.05) is 11.6 Å². The first kappa shape index (κ1) is 22.8. The number of carbonyl (C=O) groups excluding carboxylic acids is 1. The van der Waals surface area contributed by atoms with E-state index in [1.807, 2.05) is 0 Å². The van der Waals surface area contributed by atoms with Gasteiger partial charge < -0.3 is 25.2 Å². The standard InChI is InChI=1S/C21H21ClF2N6O4/c22-10-1-9(2-11(23)3-10)14-4-12(24)5-30(14)21(33)17-16-19(25-8-26-20(16)29-28-17)27-13-6-34-7-15(31)18(13)32/h1-3,8,12-15,18,31-32H,4-7H2,(H2,25,26,27,28,29)/t12-,13+,14+,15+,18-/m0/s1. The minimum atomic E-state index is -1.31. The molecule has 3 aromatic rings. The van der Waals surface area contributed by atoms with Gasteiger partial charge in [0, 0.05) is 11.4 Å². The van der Waals surface area contributed by atoms with Crippen LogP contribution in [0.3, 0.4) is 0 Å². The number of hydrogen-bond donors (Lipinski definition) is 4. The number of rotatable bonds is 4. The average molecular weight is 495 g/mol. The molecule has 0 aliphatic carbocycles. The van der Waals surface area contributed by atoms with Gasteiger partial charge in [0.2, 0.25) is 0 Å². The third-order valence-electron chi connectivity index (χ3n) is 6.06. The van der Waals surface area contributed by atoms with Gasteiger partial charge in [-0.3, -0.25) is 9.89 Å². The molecule has 0 spiro atoms. The number of likely N-dealkylation sites (tertiary alicyclic amines) is 1. The molecule has 0 saturated carbocycles. The van der Waals surface area contributed by atoms with Crippen LogP contribution in [0, 0.1) is 5.82 Å². The van der Waals surface area contributed by atoms with E-state index in [0.29, 0.717) is 5.56 Å². The fraction of sp³-hybridized carbons (Fsp3) is 0.429. The number of nitrogens with zero attached hydrogens (tertiary/aromatic N) is 4. The summed E-state index contributed by atoms with van der Waals surface area (Å²) in [5, 5.41) is 30.3. The van der Waals surface area contributed by atoms with E-state index in [1.54, 1.807) is 0 Å². The van der Waals surface area contributed by atoms with Gasteiger partial charge in [-0.05, 0) is 23.8 Å². The van der Waals surface area contributed by atoms with E-state index in [0.717, 1.165) is 6.07 Å². The SMILES string of the molecule is O=C(c1[nH]nc2ncnc(N[C@@H]3COC[C@@H](O)[C@H]3O)c12)N1C[C@@H](F)C[C@@H]1c1cc(F)cc(Cl)c1. The number of H-pyrrole nitrogens is 1. The summed E-state index contributed by atoms with van der Waals surface area (Å²) in [5.74, 6) is -0.976.